The molecule has 0 radical (unpaired) electrons. The summed E-state index contributed by atoms with van der Waals surface area (Å²) in [5, 5.41) is 11.0. The molecule has 0 bridgehead atoms. The van der Waals surface area contributed by atoms with Crippen LogP contribution in [0.5, 0.6) is 0 Å². The molecule has 49 heavy (non-hydrogen) atoms. The van der Waals surface area contributed by atoms with Gasteiger partial charge in [-0.15, -0.1) is 6.58 Å². The smallest absolute Gasteiger partial charge is 0.315 e. The van der Waals surface area contributed by atoms with E-state index in [-0.39, 0.29) is 49.5 Å². The Kier molecular flexibility index (Phi) is 11.0. The highest BCUT2D eigenvalue weighted by Gasteiger charge is 2.70. The molecule has 6 atom stereocenters. The summed E-state index contributed by atoms with van der Waals surface area (Å²) in [6, 6.07) is -4.28. The number of nitrogens with zero attached hydrogens (tertiary/aromatic N) is 2. The summed E-state index contributed by atoms with van der Waals surface area (Å²) in [5.74, 6) is -3.33. The Morgan fingerprint density at radius 2 is 1.57 bits per heavy atom. The van der Waals surface area contributed by atoms with Crippen molar-refractivity contribution in [1.82, 2.24) is 31.1 Å². The maximum atomic E-state index is 14.4. The van der Waals surface area contributed by atoms with Crippen LogP contribution in [0, 0.1) is 34.0 Å². The Bertz CT molecular complexity index is 1360. The lowest BCUT2D eigenvalue weighted by Crippen LogP contribution is -2.63. The standard InChI is InChI=1S/C35H54N6O8/c1-10-13-36-30(46)27(44)21(14-19-11-12-19)37-29(45)26-25-20(35(25,8)9)15-41(26)31(47)28(34(5,6)7)39-32(48)38-22(33(2,3)4)16-40-23(42)17-49-18-24(40)43/h10,19-22,25-26,28H,1,11-18H2,2-9H3,(H,36,46)(H,37,45)(H2,38,39,48)/t20-,21?,22+,25-,26-,28+/m0/s1. The van der Waals surface area contributed by atoms with Crippen molar-refractivity contribution in [2.75, 3.05) is 32.8 Å². The third-order valence-electron chi connectivity index (χ3n) is 10.4. The number of ketones is 1. The van der Waals surface area contributed by atoms with E-state index in [1.54, 1.807) is 0 Å². The molecule has 14 nitrogen and oxygen atoms in total. The Labute approximate surface area is 288 Å². The highest BCUT2D eigenvalue weighted by atomic mass is 16.5. The van der Waals surface area contributed by atoms with Gasteiger partial charge in [0.2, 0.25) is 17.6 Å². The summed E-state index contributed by atoms with van der Waals surface area (Å²) < 4.78 is 5.01. The summed E-state index contributed by atoms with van der Waals surface area (Å²) in [5.41, 5.74) is -1.56. The van der Waals surface area contributed by atoms with Gasteiger partial charge < -0.3 is 30.9 Å². The molecule has 0 aromatic rings. The number of amides is 7. The van der Waals surface area contributed by atoms with Crippen molar-refractivity contribution in [1.29, 1.82) is 0 Å². The van der Waals surface area contributed by atoms with Crippen LogP contribution in [-0.2, 0) is 33.5 Å². The molecule has 14 heteroatoms. The fourth-order valence-electron chi connectivity index (χ4n) is 6.99. The number of carbonyl (C=O) groups is 7. The molecule has 2 aliphatic heterocycles. The zero-order valence-corrected chi connectivity index (χ0v) is 30.1. The Balaban J connectivity index is 1.52. The molecule has 4 fully saturated rings. The lowest BCUT2D eigenvalue weighted by molar-refractivity contribution is -0.159. The molecule has 7 amide bonds. The molecule has 4 rings (SSSR count). The molecule has 0 spiro atoms. The van der Waals surface area contributed by atoms with Gasteiger partial charge in [0.1, 0.15) is 25.3 Å². The summed E-state index contributed by atoms with van der Waals surface area (Å²) in [6.07, 6.45) is 3.63. The molecule has 2 saturated carbocycles. The summed E-state index contributed by atoms with van der Waals surface area (Å²) in [6.45, 7) is 18.6. The number of carbonyl (C=O) groups excluding carboxylic acids is 7. The second kappa shape index (κ2) is 14.2. The second-order valence-corrected chi connectivity index (χ2v) is 16.7. The normalized spacial score (nSPS) is 25.0. The van der Waals surface area contributed by atoms with E-state index < -0.39 is 76.3 Å². The van der Waals surface area contributed by atoms with Crippen LogP contribution < -0.4 is 21.3 Å². The van der Waals surface area contributed by atoms with E-state index in [1.807, 2.05) is 55.4 Å². The number of ether oxygens (including phenoxy) is 1. The fraction of sp³-hybridized carbons (Fsp3) is 0.743. The lowest BCUT2D eigenvalue weighted by Gasteiger charge is -2.39. The van der Waals surface area contributed by atoms with E-state index in [4.69, 9.17) is 4.74 Å². The molecular weight excluding hydrogens is 632 g/mol. The first-order valence-electron chi connectivity index (χ1n) is 17.2. The molecular formula is C35H54N6O8. The van der Waals surface area contributed by atoms with Crippen molar-refractivity contribution < 1.29 is 38.3 Å². The summed E-state index contributed by atoms with van der Waals surface area (Å²) >= 11 is 0. The number of nitrogens with one attached hydrogen (secondary N) is 4. The molecule has 4 N–H and O–H groups in total. The number of piperidine rings is 1. The van der Waals surface area contributed by atoms with E-state index in [1.165, 1.54) is 11.0 Å². The first-order valence-corrected chi connectivity index (χ1v) is 17.2. The average molecular weight is 687 g/mol. The van der Waals surface area contributed by atoms with Crippen molar-refractivity contribution in [3.63, 3.8) is 0 Å². The topological polar surface area (TPSA) is 183 Å². The highest BCUT2D eigenvalue weighted by molar-refractivity contribution is 6.38. The summed E-state index contributed by atoms with van der Waals surface area (Å²) in [4.78, 5) is 95.2. The van der Waals surface area contributed by atoms with Crippen molar-refractivity contribution in [3.05, 3.63) is 12.7 Å². The predicted molar refractivity (Wildman–Crippen MR) is 179 cm³/mol. The zero-order chi connectivity index (χ0) is 36.6. The monoisotopic (exact) mass is 686 g/mol. The lowest BCUT2D eigenvalue weighted by atomic mass is 9.84. The molecule has 0 aromatic heterocycles. The molecule has 2 heterocycles. The first-order chi connectivity index (χ1) is 22.7. The predicted octanol–water partition coefficient (Wildman–Crippen LogP) is 1.14. The van der Waals surface area contributed by atoms with Crippen LogP contribution in [0.1, 0.15) is 74.7 Å². The number of likely N-dealkylation sites (tertiary alicyclic amines) is 1. The van der Waals surface area contributed by atoms with Crippen molar-refractivity contribution in [2.45, 2.75) is 98.8 Å². The zero-order valence-electron chi connectivity index (χ0n) is 30.1. The van der Waals surface area contributed by atoms with Gasteiger partial charge in [-0.25, -0.2) is 4.79 Å². The number of hydrogen-bond donors (Lipinski definition) is 4. The van der Waals surface area contributed by atoms with Gasteiger partial charge in [-0.1, -0.05) is 74.3 Å². The maximum Gasteiger partial charge on any atom is 0.315 e. The molecule has 2 aliphatic carbocycles. The Morgan fingerprint density at radius 1 is 0.959 bits per heavy atom. The molecule has 4 aliphatic rings. The van der Waals surface area contributed by atoms with E-state index >= 15 is 0 Å². The van der Waals surface area contributed by atoms with Crippen LogP contribution in [0.2, 0.25) is 0 Å². The van der Waals surface area contributed by atoms with Crippen LogP contribution in [-0.4, -0.2) is 108 Å². The molecule has 2 saturated heterocycles. The third kappa shape index (κ3) is 8.68. The minimum atomic E-state index is -1.05. The van der Waals surface area contributed by atoms with Gasteiger partial charge >= 0.3 is 6.03 Å². The second-order valence-electron chi connectivity index (χ2n) is 16.7. The molecule has 0 aromatic carbocycles. The van der Waals surface area contributed by atoms with Crippen LogP contribution in [0.15, 0.2) is 12.7 Å². The van der Waals surface area contributed by atoms with Crippen molar-refractivity contribution in [2.24, 2.45) is 34.0 Å². The van der Waals surface area contributed by atoms with Crippen LogP contribution in [0.25, 0.3) is 0 Å². The largest absolute Gasteiger partial charge is 0.362 e. The van der Waals surface area contributed by atoms with Gasteiger partial charge in [0, 0.05) is 19.6 Å². The van der Waals surface area contributed by atoms with Gasteiger partial charge in [0.25, 0.3) is 17.7 Å². The minimum Gasteiger partial charge on any atom is -0.362 e. The number of morpholine rings is 1. The van der Waals surface area contributed by atoms with Crippen LogP contribution >= 0.6 is 0 Å². The SMILES string of the molecule is C=CCNC(=O)C(=O)C(CC1CC1)NC(=O)[C@@H]1[C@@H]2[C@H](CN1C(=O)[C@@H](NC(=O)N[C@H](CN1C(=O)COCC1=O)C(C)(C)C)C(C)(C)C)C2(C)C. The van der Waals surface area contributed by atoms with Gasteiger partial charge in [-0.05, 0) is 40.4 Å². The average Bonchev–Trinajstić information content (AvgIpc) is 3.85. The maximum absolute atomic E-state index is 14.4. The molecule has 272 valence electrons. The van der Waals surface area contributed by atoms with Crippen molar-refractivity contribution in [3.8, 4) is 0 Å². The number of urea groups is 1. The highest BCUT2D eigenvalue weighted by Crippen LogP contribution is 2.65. The van der Waals surface area contributed by atoms with Gasteiger partial charge in [0.15, 0.2) is 0 Å². The van der Waals surface area contributed by atoms with Gasteiger partial charge in [0.05, 0.1) is 12.1 Å². The van der Waals surface area contributed by atoms with Gasteiger partial charge in [-0.2, -0.15) is 0 Å². The first kappa shape index (κ1) is 38.0. The Morgan fingerprint density at radius 3 is 2.10 bits per heavy atom. The number of Topliss-reactive ketones (excluding diaryl/α,β-unsaturated/α-hetero) is 1. The van der Waals surface area contributed by atoms with E-state index in [0.29, 0.717) is 13.0 Å². The quantitative estimate of drug-likeness (QED) is 0.126. The van der Waals surface area contributed by atoms with E-state index in [9.17, 15) is 33.6 Å². The van der Waals surface area contributed by atoms with Crippen molar-refractivity contribution >= 4 is 41.4 Å². The minimum absolute atomic E-state index is 0.0454. The van der Waals surface area contributed by atoms with E-state index in [2.05, 4.69) is 27.8 Å². The van der Waals surface area contributed by atoms with Crippen LogP contribution in [0.4, 0.5) is 4.79 Å². The van der Waals surface area contributed by atoms with E-state index in [0.717, 1.165) is 17.7 Å². The number of imide groups is 1. The molecule has 1 unspecified atom stereocenters. The third-order valence-corrected chi connectivity index (χ3v) is 10.4. The Hall–Kier alpha value is -3.81. The van der Waals surface area contributed by atoms with Gasteiger partial charge in [-0.3, -0.25) is 33.7 Å². The number of hydrogen-bond acceptors (Lipinski definition) is 8. The number of fused-ring (bicyclic) bond motifs is 1. The van der Waals surface area contributed by atoms with Crippen LogP contribution in [0.3, 0.4) is 0 Å². The number of rotatable bonds is 13. The fourth-order valence-corrected chi connectivity index (χ4v) is 6.99. The summed E-state index contributed by atoms with van der Waals surface area (Å²) in [7, 11) is 0.